The Morgan fingerprint density at radius 1 is 1.38 bits per heavy atom. The van der Waals surface area contributed by atoms with Gasteiger partial charge in [0.05, 0.1) is 11.5 Å². The number of hydrogen-bond donors (Lipinski definition) is 1. The van der Waals surface area contributed by atoms with Crippen LogP contribution in [0.3, 0.4) is 0 Å². The molecule has 1 unspecified atom stereocenters. The van der Waals surface area contributed by atoms with E-state index < -0.39 is 15.9 Å². The van der Waals surface area contributed by atoms with Gasteiger partial charge in [0.1, 0.15) is 6.04 Å². The Morgan fingerprint density at radius 3 is 2.92 bits per heavy atom. The average molecular weight is 204 g/mol. The van der Waals surface area contributed by atoms with Crippen molar-refractivity contribution in [2.24, 2.45) is 0 Å². The number of nitrogens with zero attached hydrogens (tertiary/aromatic N) is 1. The van der Waals surface area contributed by atoms with E-state index in [1.807, 2.05) is 4.90 Å². The topological polar surface area (TPSA) is 66.5 Å². The highest BCUT2D eigenvalue weighted by Gasteiger charge is 2.37. The van der Waals surface area contributed by atoms with Crippen LogP contribution in [-0.4, -0.2) is 56.4 Å². The van der Waals surface area contributed by atoms with Gasteiger partial charge >= 0.3 is 0 Å². The number of fused-ring (bicyclic) bond motifs is 1. The van der Waals surface area contributed by atoms with Crippen molar-refractivity contribution in [3.05, 3.63) is 0 Å². The van der Waals surface area contributed by atoms with Gasteiger partial charge < -0.3 is 5.32 Å². The van der Waals surface area contributed by atoms with Gasteiger partial charge in [0, 0.05) is 19.6 Å². The number of sulfone groups is 1. The number of amides is 1. The molecule has 0 aromatic rings. The third-order valence-electron chi connectivity index (χ3n) is 2.54. The Hall–Kier alpha value is -0.620. The van der Waals surface area contributed by atoms with Gasteiger partial charge in [-0.25, -0.2) is 8.42 Å². The second kappa shape index (κ2) is 2.95. The number of rotatable bonds is 0. The SMILES string of the molecule is O=C1NCCN2CCS(=O)(=O)CC12. The first-order valence-corrected chi connectivity index (χ1v) is 6.13. The average Bonchev–Trinajstić information content (AvgIpc) is 2.06. The lowest BCUT2D eigenvalue weighted by molar-refractivity contribution is -0.128. The number of carbonyl (C=O) groups excluding carboxylic acids is 1. The van der Waals surface area contributed by atoms with Gasteiger partial charge in [0.2, 0.25) is 5.91 Å². The van der Waals surface area contributed by atoms with Gasteiger partial charge in [-0.1, -0.05) is 0 Å². The van der Waals surface area contributed by atoms with Crippen LogP contribution in [0.1, 0.15) is 0 Å². The van der Waals surface area contributed by atoms with Crippen molar-refractivity contribution in [2.75, 3.05) is 31.1 Å². The molecule has 2 fully saturated rings. The van der Waals surface area contributed by atoms with Gasteiger partial charge in [0.15, 0.2) is 9.84 Å². The van der Waals surface area contributed by atoms with E-state index in [-0.39, 0.29) is 17.4 Å². The Kier molecular flexibility index (Phi) is 2.03. The highest BCUT2D eigenvalue weighted by molar-refractivity contribution is 7.91. The molecule has 0 aromatic heterocycles. The van der Waals surface area contributed by atoms with Gasteiger partial charge in [-0.05, 0) is 0 Å². The minimum Gasteiger partial charge on any atom is -0.353 e. The van der Waals surface area contributed by atoms with Gasteiger partial charge in [-0.15, -0.1) is 0 Å². The maximum absolute atomic E-state index is 11.3. The molecule has 0 aromatic carbocycles. The predicted molar refractivity (Wildman–Crippen MR) is 47.0 cm³/mol. The predicted octanol–water partition coefficient (Wildman–Crippen LogP) is -1.78. The van der Waals surface area contributed by atoms with E-state index in [9.17, 15) is 13.2 Å². The summed E-state index contributed by atoms with van der Waals surface area (Å²) in [5.41, 5.74) is 0. The number of piperazine rings is 1. The molecular weight excluding hydrogens is 192 g/mol. The first-order valence-electron chi connectivity index (χ1n) is 4.31. The summed E-state index contributed by atoms with van der Waals surface area (Å²) in [5, 5.41) is 2.67. The fourth-order valence-corrected chi connectivity index (χ4v) is 3.31. The van der Waals surface area contributed by atoms with Crippen LogP contribution in [0.15, 0.2) is 0 Å². The second-order valence-corrected chi connectivity index (χ2v) is 5.69. The third kappa shape index (κ3) is 1.68. The van der Waals surface area contributed by atoms with Gasteiger partial charge in [-0.3, -0.25) is 9.69 Å². The van der Waals surface area contributed by atoms with Gasteiger partial charge in [0.25, 0.3) is 0 Å². The minimum atomic E-state index is -2.99. The lowest BCUT2D eigenvalue weighted by Gasteiger charge is -2.37. The van der Waals surface area contributed by atoms with E-state index in [4.69, 9.17) is 0 Å². The van der Waals surface area contributed by atoms with Crippen molar-refractivity contribution in [1.82, 2.24) is 10.2 Å². The van der Waals surface area contributed by atoms with Crippen LogP contribution in [0.25, 0.3) is 0 Å². The van der Waals surface area contributed by atoms with Crippen molar-refractivity contribution in [3.8, 4) is 0 Å². The molecule has 13 heavy (non-hydrogen) atoms. The molecule has 0 bridgehead atoms. The minimum absolute atomic E-state index is 0.0150. The van der Waals surface area contributed by atoms with Gasteiger partial charge in [-0.2, -0.15) is 0 Å². The van der Waals surface area contributed by atoms with E-state index in [0.29, 0.717) is 13.1 Å². The normalized spacial score (nSPS) is 33.5. The first kappa shape index (κ1) is 8.96. The Morgan fingerprint density at radius 2 is 2.15 bits per heavy atom. The molecule has 2 rings (SSSR count). The van der Waals surface area contributed by atoms with Crippen LogP contribution in [0.4, 0.5) is 0 Å². The summed E-state index contributed by atoms with van der Waals surface area (Å²) < 4.78 is 22.5. The van der Waals surface area contributed by atoms with E-state index in [1.165, 1.54) is 0 Å². The molecule has 1 atom stereocenters. The van der Waals surface area contributed by atoms with Crippen LogP contribution in [0.2, 0.25) is 0 Å². The molecule has 2 saturated heterocycles. The Balaban J connectivity index is 2.19. The zero-order valence-electron chi connectivity index (χ0n) is 7.19. The Bertz CT molecular complexity index is 325. The lowest BCUT2D eigenvalue weighted by atomic mass is 10.2. The van der Waals surface area contributed by atoms with Crippen LogP contribution >= 0.6 is 0 Å². The number of hydrogen-bond acceptors (Lipinski definition) is 4. The molecule has 2 aliphatic heterocycles. The third-order valence-corrected chi connectivity index (χ3v) is 4.17. The number of carbonyl (C=O) groups is 1. The van der Waals surface area contributed by atoms with E-state index in [1.54, 1.807) is 0 Å². The summed E-state index contributed by atoms with van der Waals surface area (Å²) >= 11 is 0. The van der Waals surface area contributed by atoms with Crippen molar-refractivity contribution < 1.29 is 13.2 Å². The van der Waals surface area contributed by atoms with Crippen LogP contribution in [0.5, 0.6) is 0 Å². The molecule has 0 aliphatic carbocycles. The van der Waals surface area contributed by atoms with Crippen molar-refractivity contribution >= 4 is 15.7 Å². The summed E-state index contributed by atoms with van der Waals surface area (Å²) in [6.45, 7) is 1.90. The Labute approximate surface area is 77.0 Å². The fraction of sp³-hybridized carbons (Fsp3) is 0.857. The van der Waals surface area contributed by atoms with Crippen LogP contribution in [0, 0.1) is 0 Å². The molecule has 1 N–H and O–H groups in total. The fourth-order valence-electron chi connectivity index (χ4n) is 1.79. The molecule has 0 radical (unpaired) electrons. The van der Waals surface area contributed by atoms with E-state index >= 15 is 0 Å². The molecule has 2 heterocycles. The summed E-state index contributed by atoms with van der Waals surface area (Å²) in [5.74, 6) is 0.0322. The summed E-state index contributed by atoms with van der Waals surface area (Å²) in [6.07, 6.45) is 0. The second-order valence-electron chi connectivity index (χ2n) is 3.46. The standard InChI is InChI=1S/C7H12N2O3S/c10-7-6-5-13(11,12)4-3-9(6)2-1-8-7/h6H,1-5H2,(H,8,10). The molecule has 5 nitrogen and oxygen atoms in total. The van der Waals surface area contributed by atoms with E-state index in [0.717, 1.165) is 6.54 Å². The smallest absolute Gasteiger partial charge is 0.238 e. The lowest BCUT2D eigenvalue weighted by Crippen LogP contribution is -2.61. The van der Waals surface area contributed by atoms with Crippen LogP contribution < -0.4 is 5.32 Å². The monoisotopic (exact) mass is 204 g/mol. The highest BCUT2D eigenvalue weighted by Crippen LogP contribution is 2.13. The summed E-state index contributed by atoms with van der Waals surface area (Å²) in [4.78, 5) is 13.2. The summed E-state index contributed by atoms with van der Waals surface area (Å²) in [6, 6.07) is -0.438. The molecule has 0 spiro atoms. The maximum atomic E-state index is 11.3. The molecule has 1 amide bonds. The van der Waals surface area contributed by atoms with Crippen molar-refractivity contribution in [2.45, 2.75) is 6.04 Å². The molecule has 6 heteroatoms. The quantitative estimate of drug-likeness (QED) is 0.506. The van der Waals surface area contributed by atoms with Crippen molar-refractivity contribution in [1.29, 1.82) is 0 Å². The largest absolute Gasteiger partial charge is 0.353 e. The number of nitrogens with one attached hydrogen (secondary N) is 1. The zero-order chi connectivity index (χ0) is 9.47. The molecular formula is C7H12N2O3S. The molecule has 74 valence electrons. The summed E-state index contributed by atoms with van der Waals surface area (Å²) in [7, 11) is -2.99. The van der Waals surface area contributed by atoms with Crippen molar-refractivity contribution in [3.63, 3.8) is 0 Å². The first-order chi connectivity index (χ1) is 6.08. The molecule has 0 saturated carbocycles. The zero-order valence-corrected chi connectivity index (χ0v) is 8.01. The highest BCUT2D eigenvalue weighted by atomic mass is 32.2. The molecule has 2 aliphatic rings. The maximum Gasteiger partial charge on any atom is 0.238 e. The van der Waals surface area contributed by atoms with E-state index in [2.05, 4.69) is 5.32 Å². The van der Waals surface area contributed by atoms with Crippen LogP contribution in [-0.2, 0) is 14.6 Å².